The second-order valence-electron chi connectivity index (χ2n) is 8.04. The van der Waals surface area contributed by atoms with Crippen molar-refractivity contribution in [2.24, 2.45) is 5.73 Å². The second kappa shape index (κ2) is 8.64. The van der Waals surface area contributed by atoms with E-state index in [2.05, 4.69) is 60.9 Å². The molecule has 160 valence electrons. The van der Waals surface area contributed by atoms with Crippen LogP contribution in [0.5, 0.6) is 0 Å². The molecule has 7 nitrogen and oxygen atoms in total. The molecule has 1 aliphatic carbocycles. The predicted octanol–water partition coefficient (Wildman–Crippen LogP) is 4.37. The molecule has 0 aliphatic heterocycles. The van der Waals surface area contributed by atoms with Crippen LogP contribution in [0.1, 0.15) is 43.1 Å². The van der Waals surface area contributed by atoms with Gasteiger partial charge < -0.3 is 21.4 Å². The summed E-state index contributed by atoms with van der Waals surface area (Å²) in [4.78, 5) is 13.9. The van der Waals surface area contributed by atoms with Crippen LogP contribution < -0.4 is 16.8 Å². The van der Waals surface area contributed by atoms with Gasteiger partial charge in [-0.1, -0.05) is 37.1 Å². The quantitative estimate of drug-likeness (QED) is 0.399. The average molecular weight is 434 g/mol. The van der Waals surface area contributed by atoms with E-state index >= 15 is 0 Å². The Morgan fingerprint density at radius 3 is 2.55 bits per heavy atom. The van der Waals surface area contributed by atoms with Crippen molar-refractivity contribution in [2.75, 3.05) is 17.6 Å². The van der Waals surface area contributed by atoms with Gasteiger partial charge in [0.2, 0.25) is 5.95 Å². The molecule has 0 radical (unpaired) electrons. The topological polar surface area (TPSA) is 108 Å². The smallest absolute Gasteiger partial charge is 0.224 e. The molecule has 3 aromatic heterocycles. The third-order valence-corrected chi connectivity index (χ3v) is 6.64. The minimum Gasteiger partial charge on any atom is -0.368 e. The summed E-state index contributed by atoms with van der Waals surface area (Å²) in [5.74, 6) is 1.92. The molecule has 3 heterocycles. The summed E-state index contributed by atoms with van der Waals surface area (Å²) in [6, 6.07) is 11.1. The van der Waals surface area contributed by atoms with Crippen LogP contribution >= 0.6 is 11.3 Å². The summed E-state index contributed by atoms with van der Waals surface area (Å²) in [5.41, 5.74) is 17.2. The largest absolute Gasteiger partial charge is 0.368 e. The molecule has 31 heavy (non-hydrogen) atoms. The van der Waals surface area contributed by atoms with Crippen LogP contribution in [0.15, 0.2) is 41.1 Å². The van der Waals surface area contributed by atoms with Crippen molar-refractivity contribution in [3.63, 3.8) is 0 Å². The molecule has 0 spiro atoms. The minimum atomic E-state index is 0.265. The maximum atomic E-state index is 6.09. The number of imidazole rings is 1. The average Bonchev–Trinajstić information content (AvgIpc) is 3.53. The van der Waals surface area contributed by atoms with E-state index in [1.165, 1.54) is 29.5 Å². The highest BCUT2D eigenvalue weighted by molar-refractivity contribution is 7.08. The first-order chi connectivity index (χ1) is 15.2. The number of nitrogens with zero attached hydrogens (tertiary/aromatic N) is 4. The molecular weight excluding hydrogens is 406 g/mol. The molecule has 1 aliphatic rings. The fraction of sp³-hybridized carbons (Fsp3) is 0.348. The van der Waals surface area contributed by atoms with Crippen molar-refractivity contribution in [1.82, 2.24) is 19.5 Å². The minimum absolute atomic E-state index is 0.265. The highest BCUT2D eigenvalue weighted by Gasteiger charge is 2.25. The van der Waals surface area contributed by atoms with Crippen LogP contribution in [0, 0.1) is 0 Å². The zero-order chi connectivity index (χ0) is 21.2. The van der Waals surface area contributed by atoms with Crippen LogP contribution in [-0.2, 0) is 13.0 Å². The molecule has 0 atom stereocenters. The Hall–Kier alpha value is -2.97. The number of fused-ring (bicyclic) bond motifs is 1. The van der Waals surface area contributed by atoms with Crippen LogP contribution in [0.4, 0.5) is 11.8 Å². The Balaban J connectivity index is 1.43. The van der Waals surface area contributed by atoms with Crippen molar-refractivity contribution in [3.05, 3.63) is 52.5 Å². The summed E-state index contributed by atoms with van der Waals surface area (Å²) in [6.07, 6.45) is 5.48. The summed E-state index contributed by atoms with van der Waals surface area (Å²) >= 11 is 1.71. The van der Waals surface area contributed by atoms with Gasteiger partial charge in [0.25, 0.3) is 0 Å². The highest BCUT2D eigenvalue weighted by Crippen LogP contribution is 2.35. The Kier molecular flexibility index (Phi) is 5.57. The molecule has 8 heteroatoms. The van der Waals surface area contributed by atoms with Gasteiger partial charge >= 0.3 is 0 Å². The van der Waals surface area contributed by atoms with Crippen molar-refractivity contribution >= 4 is 34.3 Å². The number of anilines is 2. The molecule has 0 saturated heterocycles. The molecule has 1 fully saturated rings. The number of nitrogens with one attached hydrogen (secondary N) is 1. The number of nitrogen functional groups attached to an aromatic ring is 1. The number of rotatable bonds is 7. The van der Waals surface area contributed by atoms with Gasteiger partial charge in [-0.25, -0.2) is 4.98 Å². The van der Waals surface area contributed by atoms with E-state index in [0.29, 0.717) is 24.9 Å². The van der Waals surface area contributed by atoms with Crippen LogP contribution in [0.25, 0.3) is 22.3 Å². The zero-order valence-electron chi connectivity index (χ0n) is 17.4. The standard InChI is InChI=1S/C23H27N7S/c24-11-9-19-27-20-21(28-23(25)29-22(20)30(19)18-3-1-2-4-18)26-13-15-5-7-16(8-6-15)17-10-12-31-14-17/h5-8,10,12,14,18H,1-4,9,11,13,24H2,(H3,25,26,28,29). The van der Waals surface area contributed by atoms with Gasteiger partial charge in [-0.05, 0) is 52.9 Å². The molecular formula is C23H27N7S. The third kappa shape index (κ3) is 4.00. The van der Waals surface area contributed by atoms with E-state index in [1.54, 1.807) is 11.3 Å². The number of hydrogen-bond acceptors (Lipinski definition) is 7. The van der Waals surface area contributed by atoms with E-state index in [0.717, 1.165) is 36.3 Å². The first-order valence-corrected chi connectivity index (χ1v) is 11.8. The number of benzene rings is 1. The molecule has 1 saturated carbocycles. The Morgan fingerprint density at radius 1 is 1.03 bits per heavy atom. The molecule has 0 amide bonds. The lowest BCUT2D eigenvalue weighted by atomic mass is 10.1. The fourth-order valence-corrected chi connectivity index (χ4v) is 5.11. The molecule has 5 N–H and O–H groups in total. The lowest BCUT2D eigenvalue weighted by Crippen LogP contribution is -2.14. The maximum Gasteiger partial charge on any atom is 0.224 e. The fourth-order valence-electron chi connectivity index (χ4n) is 4.44. The Morgan fingerprint density at radius 2 is 1.84 bits per heavy atom. The number of aromatic nitrogens is 4. The van der Waals surface area contributed by atoms with Gasteiger partial charge in [-0.3, -0.25) is 0 Å². The first-order valence-electron chi connectivity index (χ1n) is 10.8. The molecule has 1 aromatic carbocycles. The van der Waals surface area contributed by atoms with Crippen LogP contribution in [0.3, 0.4) is 0 Å². The maximum absolute atomic E-state index is 6.09. The third-order valence-electron chi connectivity index (χ3n) is 5.96. The van der Waals surface area contributed by atoms with Crippen molar-refractivity contribution in [3.8, 4) is 11.1 Å². The second-order valence-corrected chi connectivity index (χ2v) is 8.82. The monoisotopic (exact) mass is 433 g/mol. The summed E-state index contributed by atoms with van der Waals surface area (Å²) < 4.78 is 2.26. The molecule has 0 unspecified atom stereocenters. The van der Waals surface area contributed by atoms with Crippen molar-refractivity contribution < 1.29 is 0 Å². The normalized spacial score (nSPS) is 14.5. The number of thiophene rings is 1. The van der Waals surface area contributed by atoms with Gasteiger partial charge in [0.1, 0.15) is 5.82 Å². The highest BCUT2D eigenvalue weighted by atomic mass is 32.1. The SMILES string of the molecule is NCCc1nc2c(NCc3ccc(-c4ccsc4)cc3)nc(N)nc2n1C1CCCC1. The first kappa shape index (κ1) is 20.0. The predicted molar refractivity (Wildman–Crippen MR) is 127 cm³/mol. The van der Waals surface area contributed by atoms with Crippen molar-refractivity contribution in [2.45, 2.75) is 44.7 Å². The van der Waals surface area contributed by atoms with Gasteiger partial charge in [-0.2, -0.15) is 21.3 Å². The summed E-state index contributed by atoms with van der Waals surface area (Å²) in [7, 11) is 0. The van der Waals surface area contributed by atoms with Gasteiger partial charge in [0.05, 0.1) is 0 Å². The summed E-state index contributed by atoms with van der Waals surface area (Å²) in [5, 5.41) is 7.69. The Bertz CT molecular complexity index is 1160. The molecule has 0 bridgehead atoms. The summed E-state index contributed by atoms with van der Waals surface area (Å²) in [6.45, 7) is 1.19. The van der Waals surface area contributed by atoms with E-state index in [4.69, 9.17) is 16.5 Å². The lowest BCUT2D eigenvalue weighted by Gasteiger charge is -2.15. The van der Waals surface area contributed by atoms with Gasteiger partial charge in [0, 0.05) is 19.0 Å². The lowest BCUT2D eigenvalue weighted by molar-refractivity contribution is 0.507. The number of hydrogen-bond donors (Lipinski definition) is 3. The van der Waals surface area contributed by atoms with Gasteiger partial charge in [0.15, 0.2) is 17.0 Å². The zero-order valence-corrected chi connectivity index (χ0v) is 18.2. The van der Waals surface area contributed by atoms with E-state index in [9.17, 15) is 0 Å². The Labute approximate surface area is 185 Å². The van der Waals surface area contributed by atoms with E-state index in [-0.39, 0.29) is 5.95 Å². The molecule has 5 rings (SSSR count). The number of nitrogens with two attached hydrogens (primary N) is 2. The van der Waals surface area contributed by atoms with E-state index in [1.807, 2.05) is 0 Å². The van der Waals surface area contributed by atoms with E-state index < -0.39 is 0 Å². The van der Waals surface area contributed by atoms with Crippen LogP contribution in [-0.4, -0.2) is 26.1 Å². The van der Waals surface area contributed by atoms with Crippen molar-refractivity contribution in [1.29, 1.82) is 0 Å². The van der Waals surface area contributed by atoms with Gasteiger partial charge in [-0.15, -0.1) is 0 Å². The van der Waals surface area contributed by atoms with Crippen LogP contribution in [0.2, 0.25) is 0 Å². The molecule has 4 aromatic rings.